The third kappa shape index (κ3) is 4.25. The van der Waals surface area contributed by atoms with Gasteiger partial charge in [0, 0.05) is 18.7 Å². The van der Waals surface area contributed by atoms with E-state index in [0.717, 1.165) is 67.0 Å². The number of hydrogen-bond acceptors (Lipinski definition) is 6. The van der Waals surface area contributed by atoms with Gasteiger partial charge in [-0.2, -0.15) is 0 Å². The number of phenolic OH excluding ortho intramolecular Hbond substituents is 1. The van der Waals surface area contributed by atoms with E-state index in [1.54, 1.807) is 13.2 Å². The molecule has 0 bridgehead atoms. The Hall–Kier alpha value is -2.83. The minimum absolute atomic E-state index is 0.115. The fraction of sp³-hybridized carbons (Fsp3) is 0.444. The smallest absolute Gasteiger partial charge is 0.232 e. The maximum atomic E-state index is 13.5. The molecule has 0 aromatic heterocycles. The highest BCUT2D eigenvalue weighted by Gasteiger charge is 2.36. The van der Waals surface area contributed by atoms with Crippen molar-refractivity contribution in [1.29, 1.82) is 0 Å². The van der Waals surface area contributed by atoms with Gasteiger partial charge in [0.15, 0.2) is 5.76 Å². The molecule has 6 heteroatoms. The molecule has 0 saturated carbocycles. The van der Waals surface area contributed by atoms with Gasteiger partial charge in [0.2, 0.25) is 5.78 Å². The normalized spacial score (nSPS) is 19.9. The average molecular weight is 449 g/mol. The van der Waals surface area contributed by atoms with E-state index in [4.69, 9.17) is 9.47 Å². The second kappa shape index (κ2) is 9.20. The molecular formula is C27H32N2O4. The fourth-order valence-corrected chi connectivity index (χ4v) is 5.25. The van der Waals surface area contributed by atoms with Gasteiger partial charge in [-0.15, -0.1) is 0 Å². The molecule has 5 rings (SSSR count). The molecule has 3 aliphatic heterocycles. The maximum Gasteiger partial charge on any atom is 0.232 e. The van der Waals surface area contributed by atoms with Crippen molar-refractivity contribution >= 4 is 11.9 Å². The van der Waals surface area contributed by atoms with Gasteiger partial charge < -0.3 is 14.6 Å². The molecular weight excluding hydrogens is 416 g/mol. The summed E-state index contributed by atoms with van der Waals surface area (Å²) in [4.78, 5) is 18.2. The van der Waals surface area contributed by atoms with Gasteiger partial charge in [0.25, 0.3) is 0 Å². The van der Waals surface area contributed by atoms with Gasteiger partial charge in [0.05, 0.1) is 18.2 Å². The Kier molecular flexibility index (Phi) is 6.13. The van der Waals surface area contributed by atoms with Gasteiger partial charge in [-0.25, -0.2) is 0 Å². The first kappa shape index (κ1) is 22.0. The van der Waals surface area contributed by atoms with Crippen LogP contribution in [0.15, 0.2) is 30.0 Å². The summed E-state index contributed by atoms with van der Waals surface area (Å²) in [5.41, 5.74) is 3.88. The first-order chi connectivity index (χ1) is 16.0. The first-order valence-corrected chi connectivity index (χ1v) is 12.0. The molecule has 33 heavy (non-hydrogen) atoms. The number of carbonyl (C=O) groups is 1. The Bertz CT molecular complexity index is 1100. The second-order valence-corrected chi connectivity index (χ2v) is 9.32. The predicted molar refractivity (Wildman–Crippen MR) is 128 cm³/mol. The van der Waals surface area contributed by atoms with Crippen LogP contribution in [0.5, 0.6) is 17.2 Å². The number of phenols is 1. The molecule has 1 N–H and O–H groups in total. The number of carbonyl (C=O) groups excluding carboxylic acids is 1. The Morgan fingerprint density at radius 1 is 1.03 bits per heavy atom. The largest absolute Gasteiger partial charge is 0.507 e. The summed E-state index contributed by atoms with van der Waals surface area (Å²) in [6, 6.07) is 7.56. The van der Waals surface area contributed by atoms with Crippen LogP contribution >= 0.6 is 0 Å². The molecule has 2 aromatic rings. The summed E-state index contributed by atoms with van der Waals surface area (Å²) < 4.78 is 11.5. The van der Waals surface area contributed by atoms with Crippen LogP contribution < -0.4 is 9.47 Å². The average Bonchev–Trinajstić information content (AvgIpc) is 3.58. The summed E-state index contributed by atoms with van der Waals surface area (Å²) in [6.45, 7) is 7.28. The first-order valence-electron chi connectivity index (χ1n) is 12.0. The van der Waals surface area contributed by atoms with Crippen molar-refractivity contribution in [2.24, 2.45) is 0 Å². The van der Waals surface area contributed by atoms with Crippen molar-refractivity contribution in [2.45, 2.75) is 45.7 Å². The molecule has 2 aromatic carbocycles. The number of aromatic hydroxyl groups is 1. The van der Waals surface area contributed by atoms with Crippen molar-refractivity contribution in [2.75, 3.05) is 33.3 Å². The number of allylic oxidation sites excluding steroid dienone is 1. The van der Waals surface area contributed by atoms with E-state index in [2.05, 4.69) is 9.80 Å². The molecule has 6 nitrogen and oxygen atoms in total. The SMILES string of the molecule is COc1cccc(/C=C2\Oc3c(CN4CCCC4)c(O)c(CN4CCCC4)c(C)c3C2=O)c1. The van der Waals surface area contributed by atoms with Crippen LogP contribution in [-0.4, -0.2) is 54.0 Å². The second-order valence-electron chi connectivity index (χ2n) is 9.32. The number of benzene rings is 2. The van der Waals surface area contributed by atoms with Crippen molar-refractivity contribution < 1.29 is 19.4 Å². The molecule has 3 aliphatic rings. The quantitative estimate of drug-likeness (QED) is 0.656. The number of ketones is 1. The van der Waals surface area contributed by atoms with E-state index in [0.29, 0.717) is 35.9 Å². The molecule has 0 amide bonds. The van der Waals surface area contributed by atoms with Crippen LogP contribution in [0.2, 0.25) is 0 Å². The topological polar surface area (TPSA) is 62.2 Å². The number of nitrogens with zero attached hydrogens (tertiary/aromatic N) is 2. The van der Waals surface area contributed by atoms with Crippen molar-refractivity contribution in [3.63, 3.8) is 0 Å². The van der Waals surface area contributed by atoms with Crippen LogP contribution in [0.3, 0.4) is 0 Å². The van der Waals surface area contributed by atoms with E-state index in [-0.39, 0.29) is 5.78 Å². The van der Waals surface area contributed by atoms with Gasteiger partial charge >= 0.3 is 0 Å². The summed E-state index contributed by atoms with van der Waals surface area (Å²) in [7, 11) is 1.62. The fourth-order valence-electron chi connectivity index (χ4n) is 5.25. The minimum atomic E-state index is -0.115. The van der Waals surface area contributed by atoms with Crippen molar-refractivity contribution in [3.05, 3.63) is 57.8 Å². The number of ether oxygens (including phenoxy) is 2. The number of fused-ring (bicyclic) bond motifs is 1. The number of Topliss-reactive ketones (excluding diaryl/α,β-unsaturated/α-hetero) is 1. The van der Waals surface area contributed by atoms with Gasteiger partial charge in [0.1, 0.15) is 17.2 Å². The van der Waals surface area contributed by atoms with Crippen molar-refractivity contribution in [1.82, 2.24) is 9.80 Å². The van der Waals surface area contributed by atoms with Crippen LogP contribution in [0.25, 0.3) is 6.08 Å². The van der Waals surface area contributed by atoms with Gasteiger partial charge in [-0.3, -0.25) is 14.6 Å². The highest BCUT2D eigenvalue weighted by molar-refractivity contribution is 6.16. The molecule has 0 atom stereocenters. The number of methoxy groups -OCH3 is 1. The molecule has 0 spiro atoms. The maximum absolute atomic E-state index is 13.5. The minimum Gasteiger partial charge on any atom is -0.507 e. The summed E-state index contributed by atoms with van der Waals surface area (Å²) in [5, 5.41) is 11.4. The van der Waals surface area contributed by atoms with Crippen LogP contribution in [-0.2, 0) is 13.1 Å². The molecule has 2 saturated heterocycles. The van der Waals surface area contributed by atoms with Gasteiger partial charge in [-0.1, -0.05) is 12.1 Å². The highest BCUT2D eigenvalue weighted by Crippen LogP contribution is 2.45. The zero-order chi connectivity index (χ0) is 22.9. The van der Waals surface area contributed by atoms with E-state index in [9.17, 15) is 9.90 Å². The summed E-state index contributed by atoms with van der Waals surface area (Å²) in [5.74, 6) is 1.72. The lowest BCUT2D eigenvalue weighted by Gasteiger charge is -2.23. The Morgan fingerprint density at radius 2 is 1.67 bits per heavy atom. The third-order valence-electron chi connectivity index (χ3n) is 7.12. The molecule has 0 aliphatic carbocycles. The predicted octanol–water partition coefficient (Wildman–Crippen LogP) is 4.52. The monoisotopic (exact) mass is 448 g/mol. The van der Waals surface area contributed by atoms with Crippen LogP contribution in [0.1, 0.15) is 58.3 Å². The summed E-state index contributed by atoms with van der Waals surface area (Å²) in [6.07, 6.45) is 6.45. The molecule has 0 unspecified atom stereocenters. The highest BCUT2D eigenvalue weighted by atomic mass is 16.5. The number of rotatable bonds is 6. The molecule has 0 radical (unpaired) electrons. The van der Waals surface area contributed by atoms with Gasteiger partial charge in [-0.05, 0) is 88.1 Å². The molecule has 3 heterocycles. The lowest BCUT2D eigenvalue weighted by atomic mass is 9.93. The van der Waals surface area contributed by atoms with Crippen molar-refractivity contribution in [3.8, 4) is 17.2 Å². The van der Waals surface area contributed by atoms with Crippen LogP contribution in [0, 0.1) is 6.92 Å². The third-order valence-corrected chi connectivity index (χ3v) is 7.12. The standard InChI is InChI=1S/C27H32N2O4/c1-18-21(16-28-10-3-4-11-28)25(30)22(17-29-12-5-6-13-29)27-24(18)26(31)23(33-27)15-19-8-7-9-20(14-19)32-2/h7-9,14-15,30H,3-6,10-13,16-17H2,1-2H3/b23-15-. The Morgan fingerprint density at radius 3 is 2.30 bits per heavy atom. The van der Waals surface area contributed by atoms with Crippen LogP contribution in [0.4, 0.5) is 0 Å². The number of likely N-dealkylation sites (tertiary alicyclic amines) is 2. The lowest BCUT2D eigenvalue weighted by molar-refractivity contribution is 0.101. The lowest BCUT2D eigenvalue weighted by Crippen LogP contribution is -2.22. The van der Waals surface area contributed by atoms with E-state index >= 15 is 0 Å². The molecule has 2 fully saturated rings. The Balaban J connectivity index is 1.56. The zero-order valence-electron chi connectivity index (χ0n) is 19.5. The number of hydrogen-bond donors (Lipinski definition) is 1. The Labute approximate surface area is 195 Å². The van der Waals surface area contributed by atoms with E-state index in [1.807, 2.05) is 31.2 Å². The van der Waals surface area contributed by atoms with E-state index < -0.39 is 0 Å². The van der Waals surface area contributed by atoms with E-state index in [1.165, 1.54) is 12.8 Å². The summed E-state index contributed by atoms with van der Waals surface area (Å²) >= 11 is 0. The zero-order valence-corrected chi connectivity index (χ0v) is 19.5. The molecule has 174 valence electrons.